The number of carbonyl (C=O) groups is 1. The maximum absolute atomic E-state index is 12.0. The Morgan fingerprint density at radius 3 is 2.83 bits per heavy atom. The highest BCUT2D eigenvalue weighted by Gasteiger charge is 2.24. The van der Waals surface area contributed by atoms with Gasteiger partial charge in [0.05, 0.1) is 12.8 Å². The lowest BCUT2D eigenvalue weighted by atomic mass is 10.1. The number of rotatable bonds is 5. The van der Waals surface area contributed by atoms with Gasteiger partial charge in [-0.3, -0.25) is 4.79 Å². The molecule has 0 saturated heterocycles. The standard InChI is InChI=1S/C13H13NO3S/c1-2-16-12(15)11(10-6-4-3-5-7-10)18-13-14-8-9-17-13/h3-9,11H,2H2,1H3/t11-/m1/s1. The Morgan fingerprint density at radius 2 is 2.22 bits per heavy atom. The third kappa shape index (κ3) is 3.13. The average molecular weight is 263 g/mol. The number of aromatic nitrogens is 1. The van der Waals surface area contributed by atoms with Crippen molar-refractivity contribution >= 4 is 17.7 Å². The van der Waals surface area contributed by atoms with Crippen LogP contribution in [0, 0.1) is 0 Å². The normalized spacial score (nSPS) is 12.1. The number of thioether (sulfide) groups is 1. The first kappa shape index (κ1) is 12.7. The zero-order chi connectivity index (χ0) is 12.8. The summed E-state index contributed by atoms with van der Waals surface area (Å²) in [5, 5.41) is 0.00158. The number of nitrogens with zero attached hydrogens (tertiary/aromatic N) is 1. The molecule has 1 heterocycles. The Morgan fingerprint density at radius 1 is 1.44 bits per heavy atom. The summed E-state index contributed by atoms with van der Waals surface area (Å²) in [6, 6.07) is 9.45. The molecule has 1 aromatic carbocycles. The highest BCUT2D eigenvalue weighted by atomic mass is 32.2. The predicted octanol–water partition coefficient (Wildman–Crippen LogP) is 3.07. The third-order valence-corrected chi connectivity index (χ3v) is 3.33. The Labute approximate surface area is 109 Å². The van der Waals surface area contributed by atoms with Gasteiger partial charge in [-0.2, -0.15) is 0 Å². The number of hydrogen-bond donors (Lipinski definition) is 0. The minimum atomic E-state index is -0.454. The summed E-state index contributed by atoms with van der Waals surface area (Å²) in [5.41, 5.74) is 0.874. The lowest BCUT2D eigenvalue weighted by Gasteiger charge is -2.13. The van der Waals surface area contributed by atoms with Crippen LogP contribution in [-0.4, -0.2) is 17.6 Å². The molecule has 2 rings (SSSR count). The van der Waals surface area contributed by atoms with Crippen LogP contribution in [0.5, 0.6) is 0 Å². The summed E-state index contributed by atoms with van der Waals surface area (Å²) in [7, 11) is 0. The van der Waals surface area contributed by atoms with Crippen molar-refractivity contribution in [3.05, 3.63) is 48.4 Å². The SMILES string of the molecule is CCOC(=O)[C@H](Sc1ncco1)c1ccccc1. The van der Waals surface area contributed by atoms with E-state index in [1.807, 2.05) is 30.3 Å². The Bertz CT molecular complexity index is 484. The summed E-state index contributed by atoms with van der Waals surface area (Å²) in [4.78, 5) is 16.0. The van der Waals surface area contributed by atoms with Crippen LogP contribution in [-0.2, 0) is 9.53 Å². The summed E-state index contributed by atoms with van der Waals surface area (Å²) in [6.45, 7) is 2.14. The zero-order valence-electron chi connectivity index (χ0n) is 9.91. The highest BCUT2D eigenvalue weighted by molar-refractivity contribution is 8.00. The average Bonchev–Trinajstić information content (AvgIpc) is 2.90. The van der Waals surface area contributed by atoms with Crippen molar-refractivity contribution in [1.29, 1.82) is 0 Å². The van der Waals surface area contributed by atoms with Crippen LogP contribution in [0.1, 0.15) is 17.7 Å². The second-order valence-corrected chi connectivity index (χ2v) is 4.51. The number of benzene rings is 1. The molecule has 4 nitrogen and oxygen atoms in total. The molecule has 0 amide bonds. The van der Waals surface area contributed by atoms with Crippen LogP contribution in [0.25, 0.3) is 0 Å². The molecule has 2 aromatic rings. The van der Waals surface area contributed by atoms with E-state index in [1.165, 1.54) is 18.0 Å². The van der Waals surface area contributed by atoms with Crippen LogP contribution in [0.4, 0.5) is 0 Å². The Hall–Kier alpha value is -1.75. The predicted molar refractivity (Wildman–Crippen MR) is 68.2 cm³/mol. The second kappa shape index (κ2) is 6.26. The van der Waals surface area contributed by atoms with E-state index in [0.29, 0.717) is 11.8 Å². The van der Waals surface area contributed by atoms with Gasteiger partial charge in [0.25, 0.3) is 5.22 Å². The molecule has 18 heavy (non-hydrogen) atoms. The van der Waals surface area contributed by atoms with Crippen molar-refractivity contribution in [2.24, 2.45) is 0 Å². The zero-order valence-corrected chi connectivity index (χ0v) is 10.7. The molecule has 1 aromatic heterocycles. The smallest absolute Gasteiger partial charge is 0.324 e. The molecule has 0 aliphatic heterocycles. The molecule has 0 unspecified atom stereocenters. The number of esters is 1. The van der Waals surface area contributed by atoms with Gasteiger partial charge in [-0.15, -0.1) is 0 Å². The Kier molecular flexibility index (Phi) is 4.41. The fourth-order valence-electron chi connectivity index (χ4n) is 1.47. The molecule has 0 fully saturated rings. The van der Waals surface area contributed by atoms with Gasteiger partial charge in [0.1, 0.15) is 11.5 Å². The molecule has 0 saturated carbocycles. The van der Waals surface area contributed by atoms with Gasteiger partial charge < -0.3 is 9.15 Å². The van der Waals surface area contributed by atoms with Crippen molar-refractivity contribution in [3.8, 4) is 0 Å². The van der Waals surface area contributed by atoms with Crippen molar-refractivity contribution in [3.63, 3.8) is 0 Å². The van der Waals surface area contributed by atoms with Gasteiger partial charge in [-0.25, -0.2) is 4.98 Å². The van der Waals surface area contributed by atoms with Crippen LogP contribution >= 0.6 is 11.8 Å². The van der Waals surface area contributed by atoms with E-state index >= 15 is 0 Å². The summed E-state index contributed by atoms with van der Waals surface area (Å²) in [5.74, 6) is -0.285. The molecule has 94 valence electrons. The number of hydrogen-bond acceptors (Lipinski definition) is 5. The highest BCUT2D eigenvalue weighted by Crippen LogP contribution is 2.35. The van der Waals surface area contributed by atoms with Crippen LogP contribution in [0.3, 0.4) is 0 Å². The maximum atomic E-state index is 12.0. The van der Waals surface area contributed by atoms with E-state index < -0.39 is 5.25 Å². The van der Waals surface area contributed by atoms with Crippen molar-refractivity contribution in [1.82, 2.24) is 4.98 Å². The summed E-state index contributed by atoms with van der Waals surface area (Å²) in [6.07, 6.45) is 3.03. The molecule has 0 N–H and O–H groups in total. The molecule has 0 aliphatic rings. The lowest BCUT2D eigenvalue weighted by Crippen LogP contribution is -2.13. The molecule has 0 spiro atoms. The molecular formula is C13H13NO3S. The summed E-state index contributed by atoms with van der Waals surface area (Å²) >= 11 is 1.24. The molecular weight excluding hydrogens is 250 g/mol. The maximum Gasteiger partial charge on any atom is 0.324 e. The first-order valence-corrected chi connectivity index (χ1v) is 6.47. The fourth-order valence-corrected chi connectivity index (χ4v) is 2.36. The fraction of sp³-hybridized carbons (Fsp3) is 0.231. The van der Waals surface area contributed by atoms with E-state index in [0.717, 1.165) is 5.56 Å². The van der Waals surface area contributed by atoms with E-state index in [1.54, 1.807) is 13.1 Å². The van der Waals surface area contributed by atoms with E-state index in [2.05, 4.69) is 4.98 Å². The van der Waals surface area contributed by atoms with Crippen LogP contribution in [0.15, 0.2) is 52.4 Å². The van der Waals surface area contributed by atoms with Crippen molar-refractivity contribution < 1.29 is 13.9 Å². The number of oxazole rings is 1. The van der Waals surface area contributed by atoms with E-state index in [4.69, 9.17) is 9.15 Å². The van der Waals surface area contributed by atoms with Gasteiger partial charge in [0.15, 0.2) is 0 Å². The largest absolute Gasteiger partial charge is 0.465 e. The Balaban J connectivity index is 2.20. The lowest BCUT2D eigenvalue weighted by molar-refractivity contribution is -0.142. The van der Waals surface area contributed by atoms with Gasteiger partial charge in [-0.05, 0) is 24.2 Å². The van der Waals surface area contributed by atoms with Gasteiger partial charge in [-0.1, -0.05) is 30.3 Å². The van der Waals surface area contributed by atoms with Crippen molar-refractivity contribution in [2.45, 2.75) is 17.4 Å². The number of ether oxygens (including phenoxy) is 1. The summed E-state index contributed by atoms with van der Waals surface area (Å²) < 4.78 is 10.2. The number of carbonyl (C=O) groups excluding carboxylic acids is 1. The molecule has 1 atom stereocenters. The third-order valence-electron chi connectivity index (χ3n) is 2.23. The first-order valence-electron chi connectivity index (χ1n) is 5.59. The van der Waals surface area contributed by atoms with Crippen molar-refractivity contribution in [2.75, 3.05) is 6.61 Å². The topological polar surface area (TPSA) is 52.3 Å². The quantitative estimate of drug-likeness (QED) is 0.613. The second-order valence-electron chi connectivity index (χ2n) is 3.46. The molecule has 5 heteroatoms. The van der Waals surface area contributed by atoms with Crippen LogP contribution in [0.2, 0.25) is 0 Å². The molecule has 0 bridgehead atoms. The minimum Gasteiger partial charge on any atom is -0.465 e. The molecule has 0 aliphatic carbocycles. The van der Waals surface area contributed by atoms with Gasteiger partial charge >= 0.3 is 5.97 Å². The van der Waals surface area contributed by atoms with Crippen LogP contribution < -0.4 is 0 Å². The first-order chi connectivity index (χ1) is 8.81. The van der Waals surface area contributed by atoms with E-state index in [-0.39, 0.29) is 5.97 Å². The van der Waals surface area contributed by atoms with E-state index in [9.17, 15) is 4.79 Å². The monoisotopic (exact) mass is 263 g/mol. The van der Waals surface area contributed by atoms with Gasteiger partial charge in [0.2, 0.25) is 0 Å². The van der Waals surface area contributed by atoms with Gasteiger partial charge in [0, 0.05) is 0 Å². The minimum absolute atomic E-state index is 0.285. The molecule has 0 radical (unpaired) electrons.